The second-order valence-corrected chi connectivity index (χ2v) is 5.68. The third kappa shape index (κ3) is 3.21. The van der Waals surface area contributed by atoms with Gasteiger partial charge in [-0.05, 0) is 35.5 Å². The van der Waals surface area contributed by atoms with Crippen molar-refractivity contribution in [2.75, 3.05) is 0 Å². The predicted octanol–water partition coefficient (Wildman–Crippen LogP) is 4.74. The second kappa shape index (κ2) is 5.54. The van der Waals surface area contributed by atoms with Gasteiger partial charge in [0.2, 0.25) is 0 Å². The third-order valence-corrected chi connectivity index (χ3v) is 3.42. The van der Waals surface area contributed by atoms with Crippen LogP contribution in [0, 0.1) is 0 Å². The second-order valence-electron chi connectivity index (χ2n) is 5.11. The van der Waals surface area contributed by atoms with E-state index in [1.54, 1.807) is 6.92 Å². The van der Waals surface area contributed by atoms with Crippen molar-refractivity contribution in [2.45, 2.75) is 26.2 Å². The summed E-state index contributed by atoms with van der Waals surface area (Å²) < 4.78 is 5.42. The first-order valence-corrected chi connectivity index (χ1v) is 6.75. The van der Waals surface area contributed by atoms with Crippen LogP contribution in [0.3, 0.4) is 0 Å². The highest BCUT2D eigenvalue weighted by atomic mass is 32.1. The molecular weight excluding hydrogens is 252 g/mol. The molecular formula is C17H18OS. The van der Waals surface area contributed by atoms with Crippen molar-refractivity contribution in [3.63, 3.8) is 0 Å². The van der Waals surface area contributed by atoms with E-state index < -0.39 is 0 Å². The van der Waals surface area contributed by atoms with Crippen LogP contribution < -0.4 is 4.74 Å². The number of thiocarbonyl (C=S) groups is 1. The number of hydrogen-bond donors (Lipinski definition) is 0. The summed E-state index contributed by atoms with van der Waals surface area (Å²) in [5, 5.41) is 0.537. The Kier molecular flexibility index (Phi) is 4.01. The van der Waals surface area contributed by atoms with Gasteiger partial charge in [-0.15, -0.1) is 0 Å². The van der Waals surface area contributed by atoms with E-state index in [1.807, 2.05) is 18.2 Å². The fourth-order valence-corrected chi connectivity index (χ4v) is 2.22. The van der Waals surface area contributed by atoms with Gasteiger partial charge in [0.1, 0.15) is 5.75 Å². The molecule has 0 N–H and O–H groups in total. The first kappa shape index (κ1) is 13.8. The van der Waals surface area contributed by atoms with Gasteiger partial charge in [-0.25, -0.2) is 0 Å². The summed E-state index contributed by atoms with van der Waals surface area (Å²) in [6.45, 7) is 6.22. The Morgan fingerprint density at radius 2 is 1.42 bits per heavy atom. The van der Waals surface area contributed by atoms with E-state index in [2.05, 4.69) is 50.2 Å². The summed E-state index contributed by atoms with van der Waals surface area (Å²) >= 11 is 4.94. The lowest BCUT2D eigenvalue weighted by molar-refractivity contribution is 0.559. The van der Waals surface area contributed by atoms with E-state index in [1.165, 1.54) is 11.1 Å². The average molecular weight is 270 g/mol. The lowest BCUT2D eigenvalue weighted by Gasteiger charge is -2.26. The van der Waals surface area contributed by atoms with Crippen LogP contribution in [-0.2, 0) is 5.41 Å². The van der Waals surface area contributed by atoms with E-state index in [0.29, 0.717) is 5.05 Å². The Morgan fingerprint density at radius 3 is 1.95 bits per heavy atom. The SMILES string of the molecule is CC(=S)Oc1ccc(C(C)(C)c2ccccc2)cc1. The Hall–Kier alpha value is -1.67. The molecule has 0 fully saturated rings. The topological polar surface area (TPSA) is 9.23 Å². The van der Waals surface area contributed by atoms with E-state index >= 15 is 0 Å². The van der Waals surface area contributed by atoms with Crippen molar-refractivity contribution in [2.24, 2.45) is 0 Å². The molecule has 0 spiro atoms. The van der Waals surface area contributed by atoms with Gasteiger partial charge in [0.05, 0.1) is 0 Å². The molecule has 2 rings (SSSR count). The molecule has 0 aliphatic heterocycles. The van der Waals surface area contributed by atoms with Crippen molar-refractivity contribution in [1.29, 1.82) is 0 Å². The van der Waals surface area contributed by atoms with E-state index in [-0.39, 0.29) is 5.41 Å². The number of ether oxygens (including phenoxy) is 1. The van der Waals surface area contributed by atoms with Gasteiger partial charge in [0.15, 0.2) is 5.05 Å². The highest BCUT2D eigenvalue weighted by Gasteiger charge is 2.22. The van der Waals surface area contributed by atoms with Crippen LogP contribution in [0.15, 0.2) is 54.6 Å². The molecule has 0 saturated heterocycles. The minimum absolute atomic E-state index is 0.0213. The van der Waals surface area contributed by atoms with Crippen LogP contribution in [0.5, 0.6) is 5.75 Å². The van der Waals surface area contributed by atoms with E-state index in [0.717, 1.165) is 5.75 Å². The molecule has 0 heterocycles. The fourth-order valence-electron chi connectivity index (χ4n) is 2.13. The van der Waals surface area contributed by atoms with Crippen molar-refractivity contribution in [3.05, 3.63) is 65.7 Å². The lowest BCUT2D eigenvalue weighted by Crippen LogP contribution is -2.18. The third-order valence-electron chi connectivity index (χ3n) is 3.33. The van der Waals surface area contributed by atoms with Crippen LogP contribution in [0.1, 0.15) is 31.9 Å². The summed E-state index contributed by atoms with van der Waals surface area (Å²) in [6.07, 6.45) is 0. The molecule has 0 atom stereocenters. The van der Waals surface area contributed by atoms with E-state index in [4.69, 9.17) is 17.0 Å². The monoisotopic (exact) mass is 270 g/mol. The maximum Gasteiger partial charge on any atom is 0.164 e. The lowest BCUT2D eigenvalue weighted by atomic mass is 9.78. The number of hydrogen-bond acceptors (Lipinski definition) is 2. The van der Waals surface area contributed by atoms with Crippen molar-refractivity contribution < 1.29 is 4.74 Å². The molecule has 1 nitrogen and oxygen atoms in total. The molecule has 0 bridgehead atoms. The quantitative estimate of drug-likeness (QED) is 0.745. The molecule has 98 valence electrons. The fraction of sp³-hybridized carbons (Fsp3) is 0.235. The first-order valence-electron chi connectivity index (χ1n) is 6.34. The molecule has 0 aromatic heterocycles. The zero-order chi connectivity index (χ0) is 13.9. The Balaban J connectivity index is 2.29. The van der Waals surface area contributed by atoms with Crippen LogP contribution in [0.25, 0.3) is 0 Å². The maximum atomic E-state index is 5.42. The van der Waals surface area contributed by atoms with Crippen LogP contribution >= 0.6 is 12.2 Å². The van der Waals surface area contributed by atoms with Crippen molar-refractivity contribution in [1.82, 2.24) is 0 Å². The molecule has 0 aliphatic rings. The molecule has 0 amide bonds. The molecule has 2 heteroatoms. The van der Waals surface area contributed by atoms with Crippen LogP contribution in [0.2, 0.25) is 0 Å². The molecule has 0 unspecified atom stereocenters. The summed E-state index contributed by atoms with van der Waals surface area (Å²) in [5.41, 5.74) is 2.54. The minimum atomic E-state index is -0.0213. The summed E-state index contributed by atoms with van der Waals surface area (Å²) in [7, 11) is 0. The zero-order valence-electron chi connectivity index (χ0n) is 11.5. The number of rotatable bonds is 3. The Labute approximate surface area is 120 Å². The minimum Gasteiger partial charge on any atom is -0.451 e. The molecule has 0 aliphatic carbocycles. The summed E-state index contributed by atoms with van der Waals surface area (Å²) in [5.74, 6) is 0.792. The van der Waals surface area contributed by atoms with Crippen molar-refractivity contribution >= 4 is 17.3 Å². The highest BCUT2D eigenvalue weighted by molar-refractivity contribution is 7.80. The van der Waals surface area contributed by atoms with Gasteiger partial charge in [-0.1, -0.05) is 56.3 Å². The molecule has 0 radical (unpaired) electrons. The standard InChI is InChI=1S/C17H18OS/c1-13(19)18-16-11-9-15(10-12-16)17(2,3)14-7-5-4-6-8-14/h4-12H,1-3H3. The predicted molar refractivity (Wildman–Crippen MR) is 83.9 cm³/mol. The van der Waals surface area contributed by atoms with Crippen molar-refractivity contribution in [3.8, 4) is 5.75 Å². The van der Waals surface area contributed by atoms with Gasteiger partial charge in [0, 0.05) is 12.3 Å². The smallest absolute Gasteiger partial charge is 0.164 e. The summed E-state index contributed by atoms with van der Waals surface area (Å²) in [4.78, 5) is 0. The normalized spacial score (nSPS) is 11.1. The zero-order valence-corrected chi connectivity index (χ0v) is 12.3. The maximum absolute atomic E-state index is 5.42. The Bertz CT molecular complexity index is 556. The molecule has 19 heavy (non-hydrogen) atoms. The van der Waals surface area contributed by atoms with Gasteiger partial charge >= 0.3 is 0 Å². The van der Waals surface area contributed by atoms with Crippen LogP contribution in [-0.4, -0.2) is 5.05 Å². The summed E-state index contributed by atoms with van der Waals surface area (Å²) in [6, 6.07) is 18.6. The van der Waals surface area contributed by atoms with Gasteiger partial charge < -0.3 is 4.74 Å². The first-order chi connectivity index (χ1) is 9.00. The average Bonchev–Trinajstić information content (AvgIpc) is 2.40. The van der Waals surface area contributed by atoms with Gasteiger partial charge in [-0.2, -0.15) is 0 Å². The highest BCUT2D eigenvalue weighted by Crippen LogP contribution is 2.32. The number of benzene rings is 2. The largest absolute Gasteiger partial charge is 0.451 e. The van der Waals surface area contributed by atoms with Gasteiger partial charge in [0.25, 0.3) is 0 Å². The molecule has 2 aromatic rings. The molecule has 2 aromatic carbocycles. The van der Waals surface area contributed by atoms with E-state index in [9.17, 15) is 0 Å². The molecule has 0 saturated carbocycles. The Morgan fingerprint density at radius 1 is 0.895 bits per heavy atom. The van der Waals surface area contributed by atoms with Crippen LogP contribution in [0.4, 0.5) is 0 Å². The van der Waals surface area contributed by atoms with Gasteiger partial charge in [-0.3, -0.25) is 0 Å².